The standard InChI is InChI=1S/C14H18N2O5/c1-15(7-14(19)20)6-11(17)9-3-4-12-10(5-9)16(2)13(18)8-21-12/h3-5,11,17H,6-8H2,1-2H3,(H,19,20). The van der Waals surface area contributed by atoms with Gasteiger partial charge in [-0.2, -0.15) is 0 Å². The van der Waals surface area contributed by atoms with Gasteiger partial charge in [-0.25, -0.2) is 0 Å². The largest absolute Gasteiger partial charge is 0.482 e. The first-order chi connectivity index (χ1) is 9.88. The van der Waals surface area contributed by atoms with Gasteiger partial charge >= 0.3 is 5.97 Å². The number of fused-ring (bicyclic) bond motifs is 1. The molecule has 1 unspecified atom stereocenters. The Labute approximate surface area is 122 Å². The van der Waals surface area contributed by atoms with Gasteiger partial charge in [0.05, 0.1) is 18.3 Å². The lowest BCUT2D eigenvalue weighted by Gasteiger charge is -2.27. The van der Waals surface area contributed by atoms with Crippen LogP contribution < -0.4 is 9.64 Å². The zero-order valence-electron chi connectivity index (χ0n) is 11.9. The van der Waals surface area contributed by atoms with Gasteiger partial charge in [0.15, 0.2) is 6.61 Å². The van der Waals surface area contributed by atoms with Gasteiger partial charge in [0, 0.05) is 13.6 Å². The lowest BCUT2D eigenvalue weighted by molar-refractivity contribution is -0.138. The Kier molecular flexibility index (Phi) is 4.44. The molecule has 1 heterocycles. The van der Waals surface area contributed by atoms with E-state index < -0.39 is 12.1 Å². The first-order valence-electron chi connectivity index (χ1n) is 6.50. The number of carboxylic acid groups (broad SMARTS) is 1. The van der Waals surface area contributed by atoms with Crippen molar-refractivity contribution >= 4 is 17.6 Å². The molecule has 2 N–H and O–H groups in total. The number of aliphatic hydroxyl groups is 1. The Hall–Kier alpha value is -2.12. The van der Waals surface area contributed by atoms with Crippen molar-refractivity contribution in [2.75, 3.05) is 38.7 Å². The molecular weight excluding hydrogens is 276 g/mol. The number of benzene rings is 1. The third-order valence-corrected chi connectivity index (χ3v) is 3.34. The Morgan fingerprint density at radius 1 is 1.52 bits per heavy atom. The lowest BCUT2D eigenvalue weighted by Crippen LogP contribution is -2.35. The molecule has 114 valence electrons. The summed E-state index contributed by atoms with van der Waals surface area (Å²) in [6, 6.07) is 5.10. The maximum Gasteiger partial charge on any atom is 0.317 e. The normalized spacial score (nSPS) is 15.6. The van der Waals surface area contributed by atoms with E-state index in [1.807, 2.05) is 0 Å². The molecule has 0 saturated heterocycles. The molecule has 0 aliphatic carbocycles. The fourth-order valence-electron chi connectivity index (χ4n) is 2.19. The molecule has 1 aromatic rings. The zero-order valence-corrected chi connectivity index (χ0v) is 11.9. The smallest absolute Gasteiger partial charge is 0.317 e. The first-order valence-corrected chi connectivity index (χ1v) is 6.50. The minimum Gasteiger partial charge on any atom is -0.482 e. The Morgan fingerprint density at radius 3 is 2.90 bits per heavy atom. The van der Waals surface area contributed by atoms with E-state index in [0.29, 0.717) is 17.0 Å². The highest BCUT2D eigenvalue weighted by atomic mass is 16.5. The molecule has 7 nitrogen and oxygen atoms in total. The van der Waals surface area contributed by atoms with Crippen molar-refractivity contribution < 1.29 is 24.5 Å². The Morgan fingerprint density at radius 2 is 2.24 bits per heavy atom. The van der Waals surface area contributed by atoms with Crippen molar-refractivity contribution in [2.24, 2.45) is 0 Å². The number of likely N-dealkylation sites (N-methyl/N-ethyl adjacent to an activating group) is 2. The molecule has 0 fully saturated rings. The van der Waals surface area contributed by atoms with Gasteiger partial charge in [-0.1, -0.05) is 6.07 Å². The van der Waals surface area contributed by atoms with Gasteiger partial charge in [-0.3, -0.25) is 14.5 Å². The Balaban J connectivity index is 2.14. The van der Waals surface area contributed by atoms with E-state index in [9.17, 15) is 14.7 Å². The second kappa shape index (κ2) is 6.11. The van der Waals surface area contributed by atoms with E-state index in [0.717, 1.165) is 0 Å². The average Bonchev–Trinajstić information content (AvgIpc) is 2.41. The van der Waals surface area contributed by atoms with Gasteiger partial charge in [0.2, 0.25) is 0 Å². The van der Waals surface area contributed by atoms with E-state index in [2.05, 4.69) is 0 Å². The van der Waals surface area contributed by atoms with Crippen molar-refractivity contribution in [1.82, 2.24) is 4.90 Å². The molecule has 1 aliphatic heterocycles. The number of rotatable bonds is 5. The quantitative estimate of drug-likeness (QED) is 0.800. The van der Waals surface area contributed by atoms with Crippen LogP contribution in [0.15, 0.2) is 18.2 Å². The van der Waals surface area contributed by atoms with E-state index in [-0.39, 0.29) is 25.6 Å². The monoisotopic (exact) mass is 294 g/mol. The predicted octanol–water partition coefficient (Wildman–Crippen LogP) is 0.0916. The second-order valence-electron chi connectivity index (χ2n) is 5.07. The van der Waals surface area contributed by atoms with Gasteiger partial charge in [0.25, 0.3) is 5.91 Å². The number of hydrogen-bond donors (Lipinski definition) is 2. The van der Waals surface area contributed by atoms with Crippen LogP contribution in [0, 0.1) is 0 Å². The van der Waals surface area contributed by atoms with Crippen molar-refractivity contribution in [3.05, 3.63) is 23.8 Å². The molecule has 0 radical (unpaired) electrons. The number of aliphatic hydroxyl groups excluding tert-OH is 1. The number of ether oxygens (including phenoxy) is 1. The maximum absolute atomic E-state index is 11.6. The predicted molar refractivity (Wildman–Crippen MR) is 75.4 cm³/mol. The highest BCUT2D eigenvalue weighted by molar-refractivity contribution is 5.97. The molecule has 21 heavy (non-hydrogen) atoms. The van der Waals surface area contributed by atoms with Crippen molar-refractivity contribution in [3.8, 4) is 5.75 Å². The number of anilines is 1. The molecule has 0 spiro atoms. The maximum atomic E-state index is 11.6. The van der Waals surface area contributed by atoms with Crippen LogP contribution in [0.5, 0.6) is 5.75 Å². The molecule has 0 bridgehead atoms. The van der Waals surface area contributed by atoms with Crippen LogP contribution in [0.4, 0.5) is 5.69 Å². The first kappa shape index (κ1) is 15.3. The molecule has 0 aromatic heterocycles. The number of nitrogens with zero attached hydrogens (tertiary/aromatic N) is 2. The van der Waals surface area contributed by atoms with Crippen LogP contribution in [-0.4, -0.2) is 60.8 Å². The Bertz CT molecular complexity index is 560. The molecule has 1 amide bonds. The summed E-state index contributed by atoms with van der Waals surface area (Å²) in [6.45, 7) is 0.0415. The number of amides is 1. The summed E-state index contributed by atoms with van der Waals surface area (Å²) in [7, 11) is 3.27. The van der Waals surface area contributed by atoms with Crippen LogP contribution >= 0.6 is 0 Å². The summed E-state index contributed by atoms with van der Waals surface area (Å²) in [4.78, 5) is 25.2. The summed E-state index contributed by atoms with van der Waals surface area (Å²) in [5.74, 6) is -0.516. The van der Waals surface area contributed by atoms with Crippen LogP contribution in [-0.2, 0) is 9.59 Å². The number of hydrogen-bond acceptors (Lipinski definition) is 5. The van der Waals surface area contributed by atoms with E-state index >= 15 is 0 Å². The van der Waals surface area contributed by atoms with Gasteiger partial charge < -0.3 is 19.8 Å². The summed E-state index contributed by atoms with van der Waals surface area (Å²) in [5, 5.41) is 18.9. The summed E-state index contributed by atoms with van der Waals surface area (Å²) < 4.78 is 5.31. The third-order valence-electron chi connectivity index (χ3n) is 3.34. The van der Waals surface area contributed by atoms with Crippen molar-refractivity contribution in [2.45, 2.75) is 6.10 Å². The fourth-order valence-corrected chi connectivity index (χ4v) is 2.19. The van der Waals surface area contributed by atoms with Crippen LogP contribution in [0.3, 0.4) is 0 Å². The SMILES string of the molecule is CN(CC(=O)O)CC(O)c1ccc2c(c1)N(C)C(=O)CO2. The zero-order chi connectivity index (χ0) is 15.6. The molecular formula is C14H18N2O5. The third kappa shape index (κ3) is 3.50. The van der Waals surface area contributed by atoms with Crippen LogP contribution in [0.1, 0.15) is 11.7 Å². The number of aliphatic carboxylic acids is 1. The second-order valence-corrected chi connectivity index (χ2v) is 5.07. The molecule has 7 heteroatoms. The average molecular weight is 294 g/mol. The minimum absolute atomic E-state index is 0.00670. The minimum atomic E-state index is -0.950. The number of carbonyl (C=O) groups excluding carboxylic acids is 1. The summed E-state index contributed by atoms with van der Waals surface area (Å²) in [5.41, 5.74) is 1.21. The van der Waals surface area contributed by atoms with E-state index in [4.69, 9.17) is 9.84 Å². The molecule has 1 aliphatic rings. The molecule has 2 rings (SSSR count). The van der Waals surface area contributed by atoms with Crippen LogP contribution in [0.2, 0.25) is 0 Å². The summed E-state index contributed by atoms with van der Waals surface area (Å²) >= 11 is 0. The molecule has 1 aromatic carbocycles. The summed E-state index contributed by atoms with van der Waals surface area (Å²) in [6.07, 6.45) is -0.843. The highest BCUT2D eigenvalue weighted by Crippen LogP contribution is 2.33. The lowest BCUT2D eigenvalue weighted by atomic mass is 10.1. The fraction of sp³-hybridized carbons (Fsp3) is 0.429. The van der Waals surface area contributed by atoms with E-state index in [1.54, 1.807) is 32.3 Å². The van der Waals surface area contributed by atoms with E-state index in [1.165, 1.54) is 9.80 Å². The van der Waals surface area contributed by atoms with Crippen LogP contribution in [0.25, 0.3) is 0 Å². The van der Waals surface area contributed by atoms with Crippen molar-refractivity contribution in [3.63, 3.8) is 0 Å². The molecule has 1 atom stereocenters. The van der Waals surface area contributed by atoms with Gasteiger partial charge in [-0.15, -0.1) is 0 Å². The topological polar surface area (TPSA) is 90.3 Å². The van der Waals surface area contributed by atoms with Crippen molar-refractivity contribution in [1.29, 1.82) is 0 Å². The highest BCUT2D eigenvalue weighted by Gasteiger charge is 2.23. The molecule has 0 saturated carbocycles. The number of carboxylic acids is 1. The number of carbonyl (C=O) groups is 2. The van der Waals surface area contributed by atoms with Gasteiger partial charge in [-0.05, 0) is 24.7 Å². The van der Waals surface area contributed by atoms with Gasteiger partial charge in [0.1, 0.15) is 5.75 Å².